The van der Waals surface area contributed by atoms with Crippen LogP contribution in [-0.4, -0.2) is 82.3 Å². The van der Waals surface area contributed by atoms with Gasteiger partial charge in [0.25, 0.3) is 0 Å². The molecule has 0 aliphatic heterocycles. The molecule has 9 nitrogen and oxygen atoms in total. The largest absolute Gasteiger partial charge is 0.545 e. The second kappa shape index (κ2) is 49.7. The first-order valence-electron chi connectivity index (χ1n) is 27.8. The average Bonchev–Trinajstić information content (AvgIpc) is 3.29. The smallest absolute Gasteiger partial charge is 0.306 e. The molecule has 0 heterocycles. The molecule has 0 aliphatic rings. The number of unbranched alkanes of at least 4 members (excludes halogenated alkanes) is 28. The number of carboxylic acid groups (broad SMARTS) is 1. The Balaban J connectivity index is 3.81. The normalized spacial score (nSPS) is 13.1. The maximum atomic E-state index is 12.7. The first kappa shape index (κ1) is 64.2. The highest BCUT2D eigenvalue weighted by atomic mass is 16.7. The van der Waals surface area contributed by atoms with Gasteiger partial charge in [0.05, 0.1) is 40.3 Å². The van der Waals surface area contributed by atoms with Gasteiger partial charge in [-0.25, -0.2) is 0 Å². The van der Waals surface area contributed by atoms with Crippen molar-refractivity contribution in [3.63, 3.8) is 0 Å². The molecule has 2 atom stereocenters. The number of likely N-dealkylation sites (N-methyl/N-ethyl adjacent to an activating group) is 1. The van der Waals surface area contributed by atoms with Gasteiger partial charge in [-0.05, 0) is 51.4 Å². The maximum absolute atomic E-state index is 12.7. The van der Waals surface area contributed by atoms with Crippen molar-refractivity contribution in [1.29, 1.82) is 0 Å². The zero-order valence-electron chi connectivity index (χ0n) is 44.3. The monoisotopic (exact) mass is 944 g/mol. The molecular formula is C58H105NO8. The van der Waals surface area contributed by atoms with Crippen LogP contribution < -0.4 is 5.11 Å². The van der Waals surface area contributed by atoms with E-state index in [0.29, 0.717) is 11.0 Å². The number of nitrogens with zero attached hydrogens (tertiary/aromatic N) is 1. The molecule has 0 aromatic rings. The zero-order chi connectivity index (χ0) is 49.2. The predicted molar refractivity (Wildman–Crippen MR) is 279 cm³/mol. The lowest BCUT2D eigenvalue weighted by Crippen LogP contribution is -2.44. The molecule has 0 amide bonds. The van der Waals surface area contributed by atoms with Crippen molar-refractivity contribution in [3.05, 3.63) is 48.6 Å². The van der Waals surface area contributed by atoms with Gasteiger partial charge in [-0.2, -0.15) is 0 Å². The number of rotatable bonds is 51. The lowest BCUT2D eigenvalue weighted by atomic mass is 10.0. The van der Waals surface area contributed by atoms with Crippen LogP contribution in [-0.2, 0) is 33.3 Å². The first-order valence-corrected chi connectivity index (χ1v) is 27.8. The van der Waals surface area contributed by atoms with Crippen molar-refractivity contribution in [2.45, 2.75) is 257 Å². The molecule has 2 unspecified atom stereocenters. The fourth-order valence-corrected chi connectivity index (χ4v) is 7.82. The first-order chi connectivity index (χ1) is 32.6. The van der Waals surface area contributed by atoms with E-state index in [0.717, 1.165) is 77.0 Å². The lowest BCUT2D eigenvalue weighted by Gasteiger charge is -2.26. The summed E-state index contributed by atoms with van der Waals surface area (Å²) in [6.07, 6.45) is 58.2. The SMILES string of the molecule is CC/C=C\C/C=C\C/C=C\C/C=C\CCCCCCCCCCCCCCCCCCCCCCCCCCC(=O)OC(COC(=O)CCCCCCC)COC(OCC[N+](C)(C)C)C(=O)[O-]. The molecule has 0 spiro atoms. The van der Waals surface area contributed by atoms with Crippen molar-refractivity contribution in [1.82, 2.24) is 0 Å². The number of carbonyl (C=O) groups is 3. The summed E-state index contributed by atoms with van der Waals surface area (Å²) in [6, 6.07) is 0. The van der Waals surface area contributed by atoms with Crippen LogP contribution in [0, 0.1) is 0 Å². The van der Waals surface area contributed by atoms with Crippen molar-refractivity contribution < 1.29 is 42.9 Å². The van der Waals surface area contributed by atoms with Crippen LogP contribution in [0.25, 0.3) is 0 Å². The van der Waals surface area contributed by atoms with Gasteiger partial charge in [-0.15, -0.1) is 0 Å². The Morgan fingerprint density at radius 1 is 0.463 bits per heavy atom. The number of quaternary nitrogens is 1. The molecule has 0 bridgehead atoms. The molecule has 0 aromatic heterocycles. The van der Waals surface area contributed by atoms with Crippen molar-refractivity contribution >= 4 is 17.9 Å². The third kappa shape index (κ3) is 50.9. The van der Waals surface area contributed by atoms with E-state index in [1.54, 1.807) is 0 Å². The highest BCUT2D eigenvalue weighted by Crippen LogP contribution is 2.17. The van der Waals surface area contributed by atoms with Gasteiger partial charge < -0.3 is 33.3 Å². The fraction of sp³-hybridized carbons (Fsp3) is 0.810. The van der Waals surface area contributed by atoms with Crippen LogP contribution in [0.15, 0.2) is 48.6 Å². The number of hydrogen-bond acceptors (Lipinski definition) is 8. The molecule has 0 aromatic carbocycles. The van der Waals surface area contributed by atoms with Gasteiger partial charge in [-0.1, -0.05) is 229 Å². The van der Waals surface area contributed by atoms with E-state index in [2.05, 4.69) is 62.5 Å². The predicted octanol–water partition coefficient (Wildman–Crippen LogP) is 14.6. The van der Waals surface area contributed by atoms with Gasteiger partial charge >= 0.3 is 11.9 Å². The molecule has 0 aliphatic carbocycles. The number of hydrogen-bond donors (Lipinski definition) is 0. The Labute approximate surface area is 412 Å². The minimum absolute atomic E-state index is 0.150. The molecule has 0 saturated heterocycles. The number of ether oxygens (including phenoxy) is 4. The summed E-state index contributed by atoms with van der Waals surface area (Å²) in [6.45, 7) is 4.55. The average molecular weight is 944 g/mol. The summed E-state index contributed by atoms with van der Waals surface area (Å²) in [5.74, 6) is -2.29. The van der Waals surface area contributed by atoms with E-state index in [1.807, 2.05) is 21.1 Å². The highest BCUT2D eigenvalue weighted by Gasteiger charge is 2.22. The Morgan fingerprint density at radius 3 is 1.27 bits per heavy atom. The van der Waals surface area contributed by atoms with Gasteiger partial charge in [0.1, 0.15) is 13.2 Å². The molecule has 0 saturated carbocycles. The van der Waals surface area contributed by atoms with Gasteiger partial charge in [0.15, 0.2) is 12.4 Å². The zero-order valence-corrected chi connectivity index (χ0v) is 44.3. The Hall–Kier alpha value is -2.75. The van der Waals surface area contributed by atoms with E-state index in [9.17, 15) is 19.5 Å². The number of allylic oxidation sites excluding steroid dienone is 8. The quantitative estimate of drug-likeness (QED) is 0.0195. The standard InChI is InChI=1S/C58H105NO8/c1-6-8-10-12-13-14-15-16-17-18-19-20-21-22-23-24-25-26-27-28-29-30-31-32-33-34-35-36-37-38-39-40-41-42-43-45-47-49-56(61)67-54(52-65-55(60)48-46-44-11-9-7-2)53-66-58(57(62)63)64-51-50-59(3,4)5/h8,10,13-14,16-17,19-20,54,58H,6-7,9,11-12,15,18,21-53H2,1-5H3/b10-8-,14-13-,17-16-,20-19-. The number of aliphatic carboxylic acids is 1. The molecule has 0 radical (unpaired) electrons. The van der Waals surface area contributed by atoms with E-state index in [4.69, 9.17) is 18.9 Å². The molecule has 390 valence electrons. The molecule has 9 heteroatoms. The van der Waals surface area contributed by atoms with E-state index < -0.39 is 24.3 Å². The van der Waals surface area contributed by atoms with Crippen LogP contribution in [0.3, 0.4) is 0 Å². The molecular weight excluding hydrogens is 839 g/mol. The van der Waals surface area contributed by atoms with E-state index >= 15 is 0 Å². The summed E-state index contributed by atoms with van der Waals surface area (Å²) in [5, 5.41) is 11.7. The molecule has 0 rings (SSSR count). The van der Waals surface area contributed by atoms with Crippen LogP contribution in [0.2, 0.25) is 0 Å². The number of esters is 2. The van der Waals surface area contributed by atoms with Crippen molar-refractivity contribution in [2.75, 3.05) is 47.5 Å². The number of carboxylic acids is 1. The highest BCUT2D eigenvalue weighted by molar-refractivity contribution is 5.70. The fourth-order valence-electron chi connectivity index (χ4n) is 7.82. The van der Waals surface area contributed by atoms with Gasteiger partial charge in [0, 0.05) is 12.8 Å². The summed E-state index contributed by atoms with van der Waals surface area (Å²) >= 11 is 0. The maximum Gasteiger partial charge on any atom is 0.306 e. The second-order valence-electron chi connectivity index (χ2n) is 19.9. The molecule has 67 heavy (non-hydrogen) atoms. The van der Waals surface area contributed by atoms with E-state index in [-0.39, 0.29) is 38.6 Å². The van der Waals surface area contributed by atoms with E-state index in [1.165, 1.54) is 141 Å². The third-order valence-electron chi connectivity index (χ3n) is 12.1. The van der Waals surface area contributed by atoms with Crippen LogP contribution >= 0.6 is 0 Å². The van der Waals surface area contributed by atoms with Crippen LogP contribution in [0.4, 0.5) is 0 Å². The van der Waals surface area contributed by atoms with Crippen molar-refractivity contribution in [3.8, 4) is 0 Å². The molecule has 0 fully saturated rings. The van der Waals surface area contributed by atoms with Gasteiger partial charge in [-0.3, -0.25) is 9.59 Å². The second-order valence-corrected chi connectivity index (χ2v) is 19.9. The summed E-state index contributed by atoms with van der Waals surface area (Å²) < 4.78 is 22.4. The lowest BCUT2D eigenvalue weighted by molar-refractivity contribution is -0.870. The third-order valence-corrected chi connectivity index (χ3v) is 12.1. The molecule has 0 N–H and O–H groups in total. The van der Waals surface area contributed by atoms with Gasteiger partial charge in [0.2, 0.25) is 0 Å². The summed E-state index contributed by atoms with van der Waals surface area (Å²) in [4.78, 5) is 36.7. The Kier molecular flexibility index (Phi) is 47.6. The van der Waals surface area contributed by atoms with Crippen molar-refractivity contribution in [2.24, 2.45) is 0 Å². The number of carbonyl (C=O) groups excluding carboxylic acids is 3. The minimum Gasteiger partial charge on any atom is -0.545 e. The van der Waals surface area contributed by atoms with Crippen LogP contribution in [0.1, 0.15) is 245 Å². The topological polar surface area (TPSA) is 111 Å². The van der Waals surface area contributed by atoms with Crippen LogP contribution in [0.5, 0.6) is 0 Å². The summed E-state index contributed by atoms with van der Waals surface area (Å²) in [7, 11) is 5.91. The Morgan fingerprint density at radius 2 is 0.851 bits per heavy atom. The minimum atomic E-state index is -1.61. The Bertz CT molecular complexity index is 1240. The summed E-state index contributed by atoms with van der Waals surface area (Å²) in [5.41, 5.74) is 0.